The Hall–Kier alpha value is -0.940. The molecule has 0 fully saturated rings. The summed E-state index contributed by atoms with van der Waals surface area (Å²) in [7, 11) is 0. The Morgan fingerprint density at radius 2 is 2.19 bits per heavy atom. The number of hydrogen-bond donors (Lipinski definition) is 1. The van der Waals surface area contributed by atoms with Gasteiger partial charge in [-0.15, -0.1) is 10.2 Å². The topological polar surface area (TPSA) is 66.0 Å². The normalized spacial score (nSPS) is 20.9. The SMILES string of the molecule is CC(C)(C)OCc1nnc2n1CC(N)CC2. The molecule has 2 heterocycles. The van der Waals surface area contributed by atoms with Crippen molar-refractivity contribution in [1.29, 1.82) is 0 Å². The first-order valence-electron chi connectivity index (χ1n) is 5.76. The molecule has 1 aromatic heterocycles. The monoisotopic (exact) mass is 224 g/mol. The van der Waals surface area contributed by atoms with E-state index in [2.05, 4.69) is 14.8 Å². The summed E-state index contributed by atoms with van der Waals surface area (Å²) in [5.74, 6) is 1.93. The molecule has 1 aromatic rings. The van der Waals surface area contributed by atoms with Crippen LogP contribution < -0.4 is 5.73 Å². The summed E-state index contributed by atoms with van der Waals surface area (Å²) in [6, 6.07) is 0.219. The van der Waals surface area contributed by atoms with Crippen LogP contribution in [0.25, 0.3) is 0 Å². The molecule has 2 N–H and O–H groups in total. The summed E-state index contributed by atoms with van der Waals surface area (Å²) >= 11 is 0. The second kappa shape index (κ2) is 4.14. The molecule has 5 nitrogen and oxygen atoms in total. The van der Waals surface area contributed by atoms with Crippen molar-refractivity contribution in [3.8, 4) is 0 Å². The van der Waals surface area contributed by atoms with Crippen molar-refractivity contribution in [2.75, 3.05) is 0 Å². The maximum atomic E-state index is 5.94. The maximum absolute atomic E-state index is 5.94. The van der Waals surface area contributed by atoms with Crippen molar-refractivity contribution in [1.82, 2.24) is 14.8 Å². The standard InChI is InChI=1S/C11H20N4O/c1-11(2,3)16-7-10-14-13-9-5-4-8(12)6-15(9)10/h8H,4-7,12H2,1-3H3. The second-order valence-electron chi connectivity index (χ2n) is 5.34. The molecule has 90 valence electrons. The molecule has 0 amide bonds. The summed E-state index contributed by atoms with van der Waals surface area (Å²) in [6.45, 7) is 7.42. The first-order chi connectivity index (χ1) is 7.46. The van der Waals surface area contributed by atoms with Crippen LogP contribution in [0.4, 0.5) is 0 Å². The summed E-state index contributed by atoms with van der Waals surface area (Å²) in [4.78, 5) is 0. The summed E-state index contributed by atoms with van der Waals surface area (Å²) in [5.41, 5.74) is 5.79. The van der Waals surface area contributed by atoms with Gasteiger partial charge in [0, 0.05) is 19.0 Å². The van der Waals surface area contributed by atoms with Crippen molar-refractivity contribution >= 4 is 0 Å². The number of nitrogens with two attached hydrogens (primary N) is 1. The predicted molar refractivity (Wildman–Crippen MR) is 60.9 cm³/mol. The highest BCUT2D eigenvalue weighted by Crippen LogP contribution is 2.16. The van der Waals surface area contributed by atoms with E-state index in [1.165, 1.54) is 0 Å². The second-order valence-corrected chi connectivity index (χ2v) is 5.34. The van der Waals surface area contributed by atoms with Crippen LogP contribution in [0.15, 0.2) is 0 Å². The highest BCUT2D eigenvalue weighted by molar-refractivity contribution is 5.00. The maximum Gasteiger partial charge on any atom is 0.159 e. The molecular weight excluding hydrogens is 204 g/mol. The average molecular weight is 224 g/mol. The van der Waals surface area contributed by atoms with Gasteiger partial charge in [-0.3, -0.25) is 0 Å². The number of ether oxygens (including phenoxy) is 1. The Balaban J connectivity index is 2.08. The van der Waals surface area contributed by atoms with Gasteiger partial charge in [0.05, 0.1) is 5.60 Å². The van der Waals surface area contributed by atoms with Gasteiger partial charge in [0.2, 0.25) is 0 Å². The number of aromatic nitrogens is 3. The van der Waals surface area contributed by atoms with Gasteiger partial charge in [-0.2, -0.15) is 0 Å². The zero-order chi connectivity index (χ0) is 11.8. The van der Waals surface area contributed by atoms with Crippen LogP contribution in [0.5, 0.6) is 0 Å². The van der Waals surface area contributed by atoms with Gasteiger partial charge < -0.3 is 15.0 Å². The van der Waals surface area contributed by atoms with E-state index in [1.54, 1.807) is 0 Å². The molecule has 0 aliphatic carbocycles. The smallest absolute Gasteiger partial charge is 0.159 e. The predicted octanol–water partition coefficient (Wildman–Crippen LogP) is 0.867. The van der Waals surface area contributed by atoms with Crippen molar-refractivity contribution in [3.63, 3.8) is 0 Å². The van der Waals surface area contributed by atoms with Crippen molar-refractivity contribution in [3.05, 3.63) is 11.6 Å². The lowest BCUT2D eigenvalue weighted by molar-refractivity contribution is -0.0196. The fourth-order valence-electron chi connectivity index (χ4n) is 1.80. The Morgan fingerprint density at radius 1 is 1.44 bits per heavy atom. The van der Waals surface area contributed by atoms with E-state index in [9.17, 15) is 0 Å². The molecule has 0 bridgehead atoms. The molecule has 1 aliphatic heterocycles. The van der Waals surface area contributed by atoms with Gasteiger partial charge in [-0.1, -0.05) is 0 Å². The highest BCUT2D eigenvalue weighted by atomic mass is 16.5. The zero-order valence-electron chi connectivity index (χ0n) is 10.2. The Morgan fingerprint density at radius 3 is 2.88 bits per heavy atom. The Labute approximate surface area is 96.0 Å². The molecule has 16 heavy (non-hydrogen) atoms. The van der Waals surface area contributed by atoms with Gasteiger partial charge >= 0.3 is 0 Å². The van der Waals surface area contributed by atoms with Crippen molar-refractivity contribution in [2.24, 2.45) is 5.73 Å². The van der Waals surface area contributed by atoms with Gasteiger partial charge in [0.15, 0.2) is 5.82 Å². The number of fused-ring (bicyclic) bond motifs is 1. The van der Waals surface area contributed by atoms with Crippen molar-refractivity contribution in [2.45, 2.75) is 58.4 Å². The molecule has 1 aliphatic rings. The molecular formula is C11H20N4O. The fraction of sp³-hybridized carbons (Fsp3) is 0.818. The van der Waals surface area contributed by atoms with Gasteiger partial charge in [0.1, 0.15) is 12.4 Å². The van der Waals surface area contributed by atoms with E-state index in [0.717, 1.165) is 31.0 Å². The van der Waals surface area contributed by atoms with Crippen LogP contribution in [0.1, 0.15) is 38.8 Å². The largest absolute Gasteiger partial charge is 0.368 e. The molecule has 0 saturated heterocycles. The number of aryl methyl sites for hydroxylation is 1. The van der Waals surface area contributed by atoms with Gasteiger partial charge in [-0.25, -0.2) is 0 Å². The van der Waals surface area contributed by atoms with E-state index in [-0.39, 0.29) is 11.6 Å². The molecule has 0 radical (unpaired) electrons. The lowest BCUT2D eigenvalue weighted by Crippen LogP contribution is -2.33. The third kappa shape index (κ3) is 2.59. The minimum absolute atomic E-state index is 0.150. The summed E-state index contributed by atoms with van der Waals surface area (Å²) < 4.78 is 7.81. The lowest BCUT2D eigenvalue weighted by atomic mass is 10.1. The van der Waals surface area contributed by atoms with E-state index in [4.69, 9.17) is 10.5 Å². The fourth-order valence-corrected chi connectivity index (χ4v) is 1.80. The Bertz CT molecular complexity index is 367. The quantitative estimate of drug-likeness (QED) is 0.809. The minimum atomic E-state index is -0.150. The van der Waals surface area contributed by atoms with E-state index < -0.39 is 0 Å². The molecule has 0 aromatic carbocycles. The van der Waals surface area contributed by atoms with Crippen LogP contribution >= 0.6 is 0 Å². The third-order valence-electron chi connectivity index (χ3n) is 2.69. The van der Waals surface area contributed by atoms with E-state index >= 15 is 0 Å². The van der Waals surface area contributed by atoms with Gasteiger partial charge in [0.25, 0.3) is 0 Å². The number of nitrogens with zero attached hydrogens (tertiary/aromatic N) is 3. The van der Waals surface area contributed by atoms with Crippen LogP contribution in [-0.2, 0) is 24.3 Å². The van der Waals surface area contributed by atoms with E-state index in [0.29, 0.717) is 6.61 Å². The van der Waals surface area contributed by atoms with Crippen LogP contribution in [-0.4, -0.2) is 26.4 Å². The first-order valence-corrected chi connectivity index (χ1v) is 5.76. The first kappa shape index (κ1) is 11.5. The molecule has 5 heteroatoms. The number of hydrogen-bond acceptors (Lipinski definition) is 4. The highest BCUT2D eigenvalue weighted by Gasteiger charge is 2.21. The lowest BCUT2D eigenvalue weighted by Gasteiger charge is -2.23. The molecule has 1 unspecified atom stereocenters. The van der Waals surface area contributed by atoms with Crippen molar-refractivity contribution < 1.29 is 4.74 Å². The van der Waals surface area contributed by atoms with Crippen LogP contribution in [0.2, 0.25) is 0 Å². The Kier molecular flexibility index (Phi) is 2.99. The van der Waals surface area contributed by atoms with Gasteiger partial charge in [-0.05, 0) is 27.2 Å². The third-order valence-corrected chi connectivity index (χ3v) is 2.69. The molecule has 2 rings (SSSR count). The zero-order valence-corrected chi connectivity index (χ0v) is 10.2. The molecule has 0 saturated carbocycles. The summed E-state index contributed by atoms with van der Waals surface area (Å²) in [6.07, 6.45) is 1.92. The van der Waals surface area contributed by atoms with Crippen LogP contribution in [0, 0.1) is 0 Å². The number of rotatable bonds is 2. The van der Waals surface area contributed by atoms with Crippen LogP contribution in [0.3, 0.4) is 0 Å². The average Bonchev–Trinajstić information content (AvgIpc) is 2.56. The van der Waals surface area contributed by atoms with E-state index in [1.807, 2.05) is 20.8 Å². The molecule has 1 atom stereocenters. The molecule has 0 spiro atoms. The summed E-state index contributed by atoms with van der Waals surface area (Å²) in [5, 5.41) is 8.34. The minimum Gasteiger partial charge on any atom is -0.368 e.